The van der Waals surface area contributed by atoms with Crippen molar-refractivity contribution in [2.75, 3.05) is 13.2 Å². The number of hydrogen-bond donors (Lipinski definition) is 2. The van der Waals surface area contributed by atoms with Gasteiger partial charge < -0.3 is 15.4 Å². The van der Waals surface area contributed by atoms with Crippen LogP contribution in [0.25, 0.3) is 0 Å². The number of guanidine groups is 1. The third kappa shape index (κ3) is 6.84. The third-order valence-corrected chi connectivity index (χ3v) is 3.73. The highest BCUT2D eigenvalue weighted by Gasteiger charge is 2.28. The van der Waals surface area contributed by atoms with E-state index in [4.69, 9.17) is 4.74 Å². The lowest BCUT2D eigenvalue weighted by Gasteiger charge is -2.14. The van der Waals surface area contributed by atoms with Gasteiger partial charge in [-0.3, -0.25) is 4.68 Å². The molecule has 0 spiro atoms. The molecule has 9 heteroatoms. The van der Waals surface area contributed by atoms with Crippen molar-refractivity contribution < 1.29 is 17.9 Å². The molecule has 0 bridgehead atoms. The number of aryl methyl sites for hydroxylation is 2. The van der Waals surface area contributed by atoms with Crippen molar-refractivity contribution in [1.29, 1.82) is 0 Å². The van der Waals surface area contributed by atoms with E-state index in [0.29, 0.717) is 24.6 Å². The Morgan fingerprint density at radius 3 is 2.67 bits per heavy atom. The number of hydrogen-bond acceptors (Lipinski definition) is 3. The van der Waals surface area contributed by atoms with Gasteiger partial charge in [0.05, 0.1) is 18.8 Å². The van der Waals surface area contributed by atoms with Gasteiger partial charge in [0.25, 0.3) is 0 Å². The van der Waals surface area contributed by atoms with E-state index in [2.05, 4.69) is 20.7 Å². The summed E-state index contributed by atoms with van der Waals surface area (Å²) in [7, 11) is 1.84. The molecule has 2 aromatic rings. The summed E-state index contributed by atoms with van der Waals surface area (Å²) in [5.41, 5.74) is 2.38. The van der Waals surface area contributed by atoms with Gasteiger partial charge in [0, 0.05) is 25.4 Å². The van der Waals surface area contributed by atoms with Crippen LogP contribution in [0, 0.1) is 6.92 Å². The lowest BCUT2D eigenvalue weighted by atomic mass is 10.1. The molecule has 0 radical (unpaired) electrons. The standard InChI is InChI=1S/C18H24F3N5O/c1-4-22-17(24-11-15-7-8-25-26(15)3)23-10-14-6-5-13(2)9-16(14)27-12-18(19,20)21/h5-9H,4,10-12H2,1-3H3,(H2,22,23,24). The summed E-state index contributed by atoms with van der Waals surface area (Å²) < 4.78 is 44.1. The Morgan fingerprint density at radius 1 is 1.26 bits per heavy atom. The molecule has 0 unspecified atom stereocenters. The van der Waals surface area contributed by atoms with Crippen molar-refractivity contribution in [3.63, 3.8) is 0 Å². The maximum atomic E-state index is 12.5. The fourth-order valence-corrected chi connectivity index (χ4v) is 2.34. The van der Waals surface area contributed by atoms with Gasteiger partial charge in [-0.25, -0.2) is 4.99 Å². The molecule has 1 aromatic carbocycles. The van der Waals surface area contributed by atoms with Crippen LogP contribution in [-0.2, 0) is 20.1 Å². The fourth-order valence-electron chi connectivity index (χ4n) is 2.34. The average Bonchev–Trinajstić information content (AvgIpc) is 3.01. The minimum Gasteiger partial charge on any atom is -0.484 e. The number of aliphatic imine (C=N–C) groups is 1. The molecule has 6 nitrogen and oxygen atoms in total. The number of aromatic nitrogens is 2. The summed E-state index contributed by atoms with van der Waals surface area (Å²) >= 11 is 0. The Morgan fingerprint density at radius 2 is 2.04 bits per heavy atom. The van der Waals surface area contributed by atoms with E-state index < -0.39 is 12.8 Å². The van der Waals surface area contributed by atoms with E-state index in [1.165, 1.54) is 0 Å². The number of rotatable bonds is 7. The van der Waals surface area contributed by atoms with Crippen molar-refractivity contribution >= 4 is 5.96 Å². The van der Waals surface area contributed by atoms with E-state index in [9.17, 15) is 13.2 Å². The van der Waals surface area contributed by atoms with Crippen LogP contribution < -0.4 is 15.4 Å². The summed E-state index contributed by atoms with van der Waals surface area (Å²) in [6.07, 6.45) is -2.68. The quantitative estimate of drug-likeness (QED) is 0.570. The molecule has 2 N–H and O–H groups in total. The van der Waals surface area contributed by atoms with Crippen LogP contribution in [0.1, 0.15) is 23.7 Å². The maximum Gasteiger partial charge on any atom is 0.422 e. The molecule has 2 rings (SSSR count). The van der Waals surface area contributed by atoms with Crippen molar-refractivity contribution in [2.45, 2.75) is 33.1 Å². The van der Waals surface area contributed by atoms with Gasteiger partial charge in [-0.2, -0.15) is 18.3 Å². The molecule has 27 heavy (non-hydrogen) atoms. The number of ether oxygens (including phenoxy) is 1. The van der Waals surface area contributed by atoms with E-state index in [-0.39, 0.29) is 12.3 Å². The molecule has 0 atom stereocenters. The molecular weight excluding hydrogens is 359 g/mol. The molecule has 0 saturated carbocycles. The zero-order valence-electron chi connectivity index (χ0n) is 15.6. The third-order valence-electron chi connectivity index (χ3n) is 3.73. The lowest BCUT2D eigenvalue weighted by molar-refractivity contribution is -0.153. The van der Waals surface area contributed by atoms with Crippen LogP contribution in [-0.4, -0.2) is 35.1 Å². The zero-order chi connectivity index (χ0) is 19.9. The van der Waals surface area contributed by atoms with E-state index in [1.54, 1.807) is 29.9 Å². The molecule has 0 aliphatic heterocycles. The minimum absolute atomic E-state index is 0.189. The van der Waals surface area contributed by atoms with Gasteiger partial charge >= 0.3 is 6.18 Å². The Labute approximate surface area is 156 Å². The van der Waals surface area contributed by atoms with Gasteiger partial charge in [-0.15, -0.1) is 0 Å². The molecule has 0 aliphatic rings. The Bertz CT molecular complexity index is 771. The monoisotopic (exact) mass is 383 g/mol. The Balaban J connectivity index is 2.08. The fraction of sp³-hybridized carbons (Fsp3) is 0.444. The van der Waals surface area contributed by atoms with Crippen LogP contribution >= 0.6 is 0 Å². The predicted octanol–water partition coefficient (Wildman–Crippen LogP) is 2.92. The average molecular weight is 383 g/mol. The summed E-state index contributed by atoms with van der Waals surface area (Å²) in [6, 6.07) is 7.03. The number of nitrogens with one attached hydrogen (secondary N) is 2. The second-order valence-electron chi connectivity index (χ2n) is 6.01. The molecule has 1 aromatic heterocycles. The number of alkyl halides is 3. The van der Waals surface area contributed by atoms with Crippen molar-refractivity contribution in [2.24, 2.45) is 12.0 Å². The smallest absolute Gasteiger partial charge is 0.422 e. The van der Waals surface area contributed by atoms with Crippen LogP contribution in [0.2, 0.25) is 0 Å². The number of nitrogens with zero attached hydrogens (tertiary/aromatic N) is 3. The molecule has 0 aliphatic carbocycles. The van der Waals surface area contributed by atoms with Gasteiger partial charge in [0.1, 0.15) is 5.75 Å². The highest BCUT2D eigenvalue weighted by atomic mass is 19.4. The van der Waals surface area contributed by atoms with Crippen molar-refractivity contribution in [3.8, 4) is 5.75 Å². The largest absolute Gasteiger partial charge is 0.484 e. The first kappa shape index (κ1) is 20.6. The molecule has 0 fully saturated rings. The van der Waals surface area contributed by atoms with E-state index in [0.717, 1.165) is 11.3 Å². The molecular formula is C18H24F3N5O. The summed E-state index contributed by atoms with van der Waals surface area (Å²) in [4.78, 5) is 4.45. The highest BCUT2D eigenvalue weighted by Crippen LogP contribution is 2.24. The summed E-state index contributed by atoms with van der Waals surface area (Å²) in [5.74, 6) is 0.750. The maximum absolute atomic E-state index is 12.5. The second kappa shape index (κ2) is 9.29. The van der Waals surface area contributed by atoms with Gasteiger partial charge in [0.2, 0.25) is 0 Å². The molecule has 148 valence electrons. The minimum atomic E-state index is -4.39. The number of halogens is 3. The molecule has 0 amide bonds. The van der Waals surface area contributed by atoms with Crippen molar-refractivity contribution in [3.05, 3.63) is 47.3 Å². The Kier molecular flexibility index (Phi) is 7.09. The summed E-state index contributed by atoms with van der Waals surface area (Å²) in [6.45, 7) is 3.77. The van der Waals surface area contributed by atoms with Gasteiger partial charge in [-0.1, -0.05) is 12.1 Å². The first-order valence-electron chi connectivity index (χ1n) is 8.56. The molecule has 1 heterocycles. The van der Waals surface area contributed by atoms with Crippen LogP contribution in [0.3, 0.4) is 0 Å². The second-order valence-corrected chi connectivity index (χ2v) is 6.01. The van der Waals surface area contributed by atoms with Crippen LogP contribution in [0.5, 0.6) is 5.75 Å². The lowest BCUT2D eigenvalue weighted by Crippen LogP contribution is -2.37. The first-order valence-corrected chi connectivity index (χ1v) is 8.56. The predicted molar refractivity (Wildman–Crippen MR) is 97.6 cm³/mol. The summed E-state index contributed by atoms with van der Waals surface area (Å²) in [5, 5.41) is 10.4. The first-order chi connectivity index (χ1) is 12.8. The van der Waals surface area contributed by atoms with E-state index in [1.807, 2.05) is 26.1 Å². The van der Waals surface area contributed by atoms with E-state index >= 15 is 0 Å². The van der Waals surface area contributed by atoms with Gasteiger partial charge in [0.15, 0.2) is 12.6 Å². The number of benzene rings is 1. The highest BCUT2D eigenvalue weighted by molar-refractivity contribution is 5.79. The van der Waals surface area contributed by atoms with Gasteiger partial charge in [-0.05, 0) is 31.5 Å². The van der Waals surface area contributed by atoms with Crippen LogP contribution in [0.15, 0.2) is 35.5 Å². The van der Waals surface area contributed by atoms with Crippen molar-refractivity contribution in [1.82, 2.24) is 20.4 Å². The SMILES string of the molecule is CCNC(=NCc1ccc(C)cc1OCC(F)(F)F)NCc1ccnn1C. The Hall–Kier alpha value is -2.71. The van der Waals surface area contributed by atoms with Crippen LogP contribution in [0.4, 0.5) is 13.2 Å². The molecule has 0 saturated heterocycles. The topological polar surface area (TPSA) is 63.5 Å². The zero-order valence-corrected chi connectivity index (χ0v) is 15.6. The normalized spacial score (nSPS) is 12.1.